The largest absolute Gasteiger partial charge is 0.446 e. The summed E-state index contributed by atoms with van der Waals surface area (Å²) in [5, 5.41) is 12.3. The van der Waals surface area contributed by atoms with E-state index in [-0.39, 0.29) is 18.8 Å². The van der Waals surface area contributed by atoms with Crippen molar-refractivity contribution in [1.29, 1.82) is 0 Å². The van der Waals surface area contributed by atoms with E-state index in [2.05, 4.69) is 15.2 Å². The molecule has 32 heavy (non-hydrogen) atoms. The van der Waals surface area contributed by atoms with Crippen LogP contribution in [-0.4, -0.2) is 40.3 Å². The van der Waals surface area contributed by atoms with Gasteiger partial charge in [0.05, 0.1) is 24.0 Å². The van der Waals surface area contributed by atoms with Crippen molar-refractivity contribution in [3.63, 3.8) is 0 Å². The summed E-state index contributed by atoms with van der Waals surface area (Å²) in [6.45, 7) is 2.36. The normalized spacial score (nSPS) is 14.9. The summed E-state index contributed by atoms with van der Waals surface area (Å²) in [6, 6.07) is 25.3. The molecule has 6 nitrogen and oxygen atoms in total. The summed E-state index contributed by atoms with van der Waals surface area (Å²) in [5.41, 5.74) is 3.66. The summed E-state index contributed by atoms with van der Waals surface area (Å²) in [7, 11) is 0. The number of pyridine rings is 1. The SMILES string of the molecule is O=C(NC(c1ccccc1)c1ccccc1)OC1CCN(Cc2cccc(CO)n2)CC1. The van der Waals surface area contributed by atoms with Crippen LogP contribution in [0.5, 0.6) is 0 Å². The number of piperidine rings is 1. The first-order chi connectivity index (χ1) is 15.7. The molecule has 2 heterocycles. The third-order valence-electron chi connectivity index (χ3n) is 5.75. The Morgan fingerprint density at radius 2 is 1.53 bits per heavy atom. The molecule has 0 saturated carbocycles. The Balaban J connectivity index is 1.31. The van der Waals surface area contributed by atoms with E-state index in [1.54, 1.807) is 0 Å². The Hall–Kier alpha value is -3.22. The van der Waals surface area contributed by atoms with E-state index in [1.165, 1.54) is 0 Å². The maximum Gasteiger partial charge on any atom is 0.408 e. The van der Waals surface area contributed by atoms with Gasteiger partial charge in [0, 0.05) is 19.6 Å². The number of carbonyl (C=O) groups is 1. The van der Waals surface area contributed by atoms with Gasteiger partial charge in [-0.05, 0) is 36.1 Å². The Morgan fingerprint density at radius 3 is 2.12 bits per heavy atom. The van der Waals surface area contributed by atoms with Gasteiger partial charge in [0.1, 0.15) is 6.10 Å². The molecule has 0 atom stereocenters. The highest BCUT2D eigenvalue weighted by Crippen LogP contribution is 2.23. The number of likely N-dealkylation sites (tertiary alicyclic amines) is 1. The molecule has 166 valence electrons. The molecule has 6 heteroatoms. The average Bonchev–Trinajstić information content (AvgIpc) is 2.85. The zero-order valence-electron chi connectivity index (χ0n) is 18.1. The van der Waals surface area contributed by atoms with E-state index in [9.17, 15) is 9.90 Å². The van der Waals surface area contributed by atoms with Crippen LogP contribution in [0.4, 0.5) is 4.79 Å². The number of benzene rings is 2. The molecule has 1 amide bonds. The van der Waals surface area contributed by atoms with Crippen LogP contribution in [0.1, 0.15) is 41.4 Å². The molecule has 1 aliphatic rings. The van der Waals surface area contributed by atoms with E-state index in [0.29, 0.717) is 5.69 Å². The molecule has 2 aromatic carbocycles. The van der Waals surface area contributed by atoms with Crippen molar-refractivity contribution in [2.45, 2.75) is 38.1 Å². The summed E-state index contributed by atoms with van der Waals surface area (Å²) in [6.07, 6.45) is 1.08. The topological polar surface area (TPSA) is 74.7 Å². The van der Waals surface area contributed by atoms with Crippen molar-refractivity contribution in [2.24, 2.45) is 0 Å². The van der Waals surface area contributed by atoms with Crippen LogP contribution in [0.15, 0.2) is 78.9 Å². The van der Waals surface area contributed by atoms with E-state index in [4.69, 9.17) is 4.74 Å². The monoisotopic (exact) mass is 431 g/mol. The lowest BCUT2D eigenvalue weighted by molar-refractivity contribution is 0.0473. The minimum atomic E-state index is -0.390. The molecule has 1 fully saturated rings. The number of nitrogens with one attached hydrogen (secondary N) is 1. The van der Waals surface area contributed by atoms with Gasteiger partial charge in [-0.25, -0.2) is 4.79 Å². The number of amides is 1. The first-order valence-electron chi connectivity index (χ1n) is 11.1. The van der Waals surface area contributed by atoms with Crippen molar-refractivity contribution >= 4 is 6.09 Å². The van der Waals surface area contributed by atoms with Crippen LogP contribution >= 0.6 is 0 Å². The van der Waals surface area contributed by atoms with E-state index >= 15 is 0 Å². The van der Waals surface area contributed by atoms with Crippen LogP contribution < -0.4 is 5.32 Å². The average molecular weight is 432 g/mol. The third-order valence-corrected chi connectivity index (χ3v) is 5.75. The van der Waals surface area contributed by atoms with E-state index < -0.39 is 6.09 Å². The van der Waals surface area contributed by atoms with Crippen LogP contribution in [0.3, 0.4) is 0 Å². The van der Waals surface area contributed by atoms with Gasteiger partial charge in [-0.1, -0.05) is 66.7 Å². The number of aliphatic hydroxyl groups excluding tert-OH is 1. The summed E-state index contributed by atoms with van der Waals surface area (Å²) in [5.74, 6) is 0. The van der Waals surface area contributed by atoms with Crippen molar-refractivity contribution in [1.82, 2.24) is 15.2 Å². The number of ether oxygens (including phenoxy) is 1. The first-order valence-corrected chi connectivity index (χ1v) is 11.1. The molecule has 0 bridgehead atoms. The predicted molar refractivity (Wildman–Crippen MR) is 123 cm³/mol. The number of aromatic nitrogens is 1. The number of hydrogen-bond donors (Lipinski definition) is 2. The lowest BCUT2D eigenvalue weighted by atomic mass is 9.99. The summed E-state index contributed by atoms with van der Waals surface area (Å²) in [4.78, 5) is 19.5. The predicted octanol–water partition coefficient (Wildman–Crippen LogP) is 4.05. The quantitative estimate of drug-likeness (QED) is 0.590. The molecule has 4 rings (SSSR count). The lowest BCUT2D eigenvalue weighted by Crippen LogP contribution is -2.40. The fourth-order valence-electron chi connectivity index (χ4n) is 4.07. The summed E-state index contributed by atoms with van der Waals surface area (Å²) >= 11 is 0. The third kappa shape index (κ3) is 5.93. The van der Waals surface area contributed by atoms with Crippen LogP contribution in [0, 0.1) is 0 Å². The van der Waals surface area contributed by atoms with E-state index in [1.807, 2.05) is 78.9 Å². The van der Waals surface area contributed by atoms with Crippen LogP contribution in [0.2, 0.25) is 0 Å². The van der Waals surface area contributed by atoms with E-state index in [0.717, 1.165) is 49.3 Å². The molecular weight excluding hydrogens is 402 g/mol. The maximum absolute atomic E-state index is 12.7. The number of rotatable bonds is 7. The summed E-state index contributed by atoms with van der Waals surface area (Å²) < 4.78 is 5.77. The molecule has 0 unspecified atom stereocenters. The maximum atomic E-state index is 12.7. The van der Waals surface area contributed by atoms with Crippen molar-refractivity contribution in [3.05, 3.63) is 101 Å². The van der Waals surface area contributed by atoms with Gasteiger partial charge in [-0.15, -0.1) is 0 Å². The highest BCUT2D eigenvalue weighted by molar-refractivity contribution is 5.69. The number of carbonyl (C=O) groups excluding carboxylic acids is 1. The zero-order valence-corrected chi connectivity index (χ0v) is 18.1. The van der Waals surface area contributed by atoms with Crippen molar-refractivity contribution < 1.29 is 14.6 Å². The minimum Gasteiger partial charge on any atom is -0.446 e. The highest BCUT2D eigenvalue weighted by Gasteiger charge is 2.24. The zero-order chi connectivity index (χ0) is 22.2. The van der Waals surface area contributed by atoms with Crippen LogP contribution in [-0.2, 0) is 17.9 Å². The van der Waals surface area contributed by atoms with Gasteiger partial charge in [0.15, 0.2) is 0 Å². The fourth-order valence-corrected chi connectivity index (χ4v) is 4.07. The fraction of sp³-hybridized carbons (Fsp3) is 0.308. The van der Waals surface area contributed by atoms with Gasteiger partial charge in [-0.2, -0.15) is 0 Å². The molecular formula is C26H29N3O3. The van der Waals surface area contributed by atoms with Gasteiger partial charge in [0.25, 0.3) is 0 Å². The second-order valence-electron chi connectivity index (χ2n) is 8.06. The first kappa shape index (κ1) is 22.0. The number of hydrogen-bond acceptors (Lipinski definition) is 5. The molecule has 1 aliphatic heterocycles. The van der Waals surface area contributed by atoms with Gasteiger partial charge in [-0.3, -0.25) is 9.88 Å². The Morgan fingerprint density at radius 1 is 0.938 bits per heavy atom. The smallest absolute Gasteiger partial charge is 0.408 e. The van der Waals surface area contributed by atoms with Crippen molar-refractivity contribution in [2.75, 3.05) is 13.1 Å². The molecule has 2 N–H and O–H groups in total. The lowest BCUT2D eigenvalue weighted by Gasteiger charge is -2.31. The molecule has 0 radical (unpaired) electrons. The molecule has 3 aromatic rings. The Kier molecular flexibility index (Phi) is 7.48. The van der Waals surface area contributed by atoms with Gasteiger partial charge >= 0.3 is 6.09 Å². The Bertz CT molecular complexity index is 950. The second-order valence-corrected chi connectivity index (χ2v) is 8.06. The number of alkyl carbamates (subject to hydrolysis) is 1. The molecule has 0 aliphatic carbocycles. The standard InChI is InChI=1S/C26H29N3O3/c30-19-23-13-7-12-22(27-23)18-29-16-14-24(15-17-29)32-26(31)28-25(20-8-3-1-4-9-20)21-10-5-2-6-11-21/h1-13,24-25,30H,14-19H2,(H,28,31). The molecule has 1 aromatic heterocycles. The second kappa shape index (κ2) is 10.9. The van der Waals surface area contributed by atoms with Crippen molar-refractivity contribution in [3.8, 4) is 0 Å². The molecule has 0 spiro atoms. The Labute approximate surface area is 188 Å². The molecule has 1 saturated heterocycles. The van der Waals surface area contributed by atoms with Gasteiger partial charge < -0.3 is 15.2 Å². The van der Waals surface area contributed by atoms with Gasteiger partial charge in [0.2, 0.25) is 0 Å². The van der Waals surface area contributed by atoms with Crippen LogP contribution in [0.25, 0.3) is 0 Å². The number of aliphatic hydroxyl groups is 1. The highest BCUT2D eigenvalue weighted by atomic mass is 16.6. The minimum absolute atomic E-state index is 0.0498. The number of nitrogens with zero attached hydrogens (tertiary/aromatic N) is 2.